The third-order valence-electron chi connectivity index (χ3n) is 3.12. The molecule has 0 unspecified atom stereocenters. The van der Waals surface area contributed by atoms with Crippen LogP contribution >= 0.6 is 11.8 Å². The average molecular weight is 266 g/mol. The van der Waals surface area contributed by atoms with Gasteiger partial charge in [0.25, 0.3) is 5.91 Å². The Kier molecular flexibility index (Phi) is 3.75. The van der Waals surface area contributed by atoms with Gasteiger partial charge in [-0.2, -0.15) is 11.8 Å². The number of hydrogen-bond donors (Lipinski definition) is 1. The number of rotatable bonds is 5. The predicted octanol–water partition coefficient (Wildman–Crippen LogP) is 1.49. The number of hydrogen-bond acceptors (Lipinski definition) is 5. The van der Waals surface area contributed by atoms with Crippen molar-refractivity contribution in [3.8, 4) is 0 Å². The summed E-state index contributed by atoms with van der Waals surface area (Å²) in [4.78, 5) is 13.1. The van der Waals surface area contributed by atoms with Crippen LogP contribution in [0.5, 0.6) is 0 Å². The molecular weight excluding hydrogens is 248 g/mol. The lowest BCUT2D eigenvalue weighted by Crippen LogP contribution is -2.23. The maximum Gasteiger partial charge on any atom is 0.273 e. The zero-order valence-corrected chi connectivity index (χ0v) is 11.8. The van der Waals surface area contributed by atoms with Crippen LogP contribution in [0.15, 0.2) is 12.1 Å². The van der Waals surface area contributed by atoms with Gasteiger partial charge < -0.3 is 10.2 Å². The van der Waals surface area contributed by atoms with E-state index in [0.717, 1.165) is 12.4 Å². The van der Waals surface area contributed by atoms with Gasteiger partial charge in [0, 0.05) is 25.4 Å². The van der Waals surface area contributed by atoms with Crippen molar-refractivity contribution in [2.24, 2.45) is 0 Å². The zero-order chi connectivity index (χ0) is 13.2. The molecule has 0 atom stereocenters. The minimum absolute atomic E-state index is 0.128. The Morgan fingerprint density at radius 2 is 2.17 bits per heavy atom. The number of nitrogens with one attached hydrogen (secondary N) is 1. The van der Waals surface area contributed by atoms with Crippen LogP contribution in [0.1, 0.15) is 23.3 Å². The fraction of sp³-hybridized carbons (Fsp3) is 0.583. The Hall–Kier alpha value is -1.30. The average Bonchev–Trinajstić information content (AvgIpc) is 3.17. The highest BCUT2D eigenvalue weighted by Gasteiger charge is 2.41. The molecule has 1 heterocycles. The molecule has 6 heteroatoms. The molecule has 1 aliphatic carbocycles. The van der Waals surface area contributed by atoms with Crippen molar-refractivity contribution in [1.29, 1.82) is 0 Å². The SMILES string of the molecule is CSC1(CNc2ccc(C(=O)N(C)C)nn2)CC1. The van der Waals surface area contributed by atoms with Gasteiger partial charge in [-0.15, -0.1) is 10.2 Å². The van der Waals surface area contributed by atoms with E-state index in [1.54, 1.807) is 26.2 Å². The van der Waals surface area contributed by atoms with Gasteiger partial charge in [-0.25, -0.2) is 0 Å². The molecular formula is C12H18N4OS. The van der Waals surface area contributed by atoms with Crippen molar-refractivity contribution < 1.29 is 4.79 Å². The molecule has 0 radical (unpaired) electrons. The summed E-state index contributed by atoms with van der Waals surface area (Å²) in [5.41, 5.74) is 0.372. The van der Waals surface area contributed by atoms with Crippen LogP contribution in [-0.4, -0.2) is 52.6 Å². The van der Waals surface area contributed by atoms with Crippen LogP contribution in [0.4, 0.5) is 5.82 Å². The van der Waals surface area contributed by atoms with Crippen molar-refractivity contribution in [1.82, 2.24) is 15.1 Å². The molecule has 5 nitrogen and oxygen atoms in total. The van der Waals surface area contributed by atoms with Crippen LogP contribution in [0.3, 0.4) is 0 Å². The van der Waals surface area contributed by atoms with E-state index in [-0.39, 0.29) is 5.91 Å². The zero-order valence-electron chi connectivity index (χ0n) is 10.9. The second-order valence-corrected chi connectivity index (χ2v) is 6.02. The molecule has 1 aliphatic rings. The van der Waals surface area contributed by atoms with Gasteiger partial charge in [0.1, 0.15) is 5.82 Å². The second kappa shape index (κ2) is 5.14. The molecule has 2 rings (SSSR count). The number of anilines is 1. The second-order valence-electron chi connectivity index (χ2n) is 4.74. The topological polar surface area (TPSA) is 58.1 Å². The van der Waals surface area contributed by atoms with Crippen molar-refractivity contribution in [2.75, 3.05) is 32.2 Å². The minimum atomic E-state index is -0.128. The number of carbonyl (C=O) groups is 1. The first-order valence-corrected chi connectivity index (χ1v) is 7.13. The third kappa shape index (κ3) is 2.93. The molecule has 1 amide bonds. The smallest absolute Gasteiger partial charge is 0.273 e. The number of amides is 1. The molecule has 0 spiro atoms. The van der Waals surface area contributed by atoms with E-state index in [9.17, 15) is 4.79 Å². The van der Waals surface area contributed by atoms with Gasteiger partial charge in [-0.3, -0.25) is 4.79 Å². The maximum atomic E-state index is 11.6. The summed E-state index contributed by atoms with van der Waals surface area (Å²) >= 11 is 1.90. The first kappa shape index (κ1) is 13.1. The van der Waals surface area contributed by atoms with Crippen LogP contribution < -0.4 is 5.32 Å². The van der Waals surface area contributed by atoms with E-state index in [0.29, 0.717) is 10.4 Å². The number of carbonyl (C=O) groups excluding carboxylic acids is 1. The van der Waals surface area contributed by atoms with E-state index >= 15 is 0 Å². The molecule has 1 fully saturated rings. The highest BCUT2D eigenvalue weighted by Crippen LogP contribution is 2.46. The van der Waals surface area contributed by atoms with E-state index < -0.39 is 0 Å². The minimum Gasteiger partial charge on any atom is -0.367 e. The lowest BCUT2D eigenvalue weighted by molar-refractivity contribution is 0.0821. The van der Waals surface area contributed by atoms with Crippen molar-refractivity contribution in [3.05, 3.63) is 17.8 Å². The van der Waals surface area contributed by atoms with E-state index in [2.05, 4.69) is 21.8 Å². The highest BCUT2D eigenvalue weighted by atomic mass is 32.2. The summed E-state index contributed by atoms with van der Waals surface area (Å²) in [5, 5.41) is 11.2. The van der Waals surface area contributed by atoms with Crippen molar-refractivity contribution in [3.63, 3.8) is 0 Å². The summed E-state index contributed by atoms with van der Waals surface area (Å²) in [6, 6.07) is 3.51. The van der Waals surface area contributed by atoms with Gasteiger partial charge >= 0.3 is 0 Å². The summed E-state index contributed by atoms with van der Waals surface area (Å²) in [6.45, 7) is 0.907. The van der Waals surface area contributed by atoms with Gasteiger partial charge in [0.05, 0.1) is 0 Å². The summed E-state index contributed by atoms with van der Waals surface area (Å²) < 4.78 is 0.389. The number of aromatic nitrogens is 2. The third-order valence-corrected chi connectivity index (χ3v) is 4.54. The molecule has 1 saturated carbocycles. The number of thioether (sulfide) groups is 1. The first-order valence-electron chi connectivity index (χ1n) is 5.91. The fourth-order valence-corrected chi connectivity index (χ4v) is 2.34. The molecule has 0 bridgehead atoms. The van der Waals surface area contributed by atoms with Crippen LogP contribution in [0, 0.1) is 0 Å². The summed E-state index contributed by atoms with van der Waals surface area (Å²) in [5.74, 6) is 0.599. The lowest BCUT2D eigenvalue weighted by Gasteiger charge is -2.13. The molecule has 0 aromatic carbocycles. The van der Waals surface area contributed by atoms with Gasteiger partial charge in [-0.05, 0) is 31.2 Å². The molecule has 1 aromatic heterocycles. The van der Waals surface area contributed by atoms with Crippen LogP contribution in [-0.2, 0) is 0 Å². The molecule has 98 valence electrons. The quantitative estimate of drug-likeness (QED) is 0.875. The molecule has 18 heavy (non-hydrogen) atoms. The van der Waals surface area contributed by atoms with E-state index in [4.69, 9.17) is 0 Å². The summed E-state index contributed by atoms with van der Waals surface area (Å²) in [6.07, 6.45) is 4.65. The first-order chi connectivity index (χ1) is 8.56. The predicted molar refractivity (Wildman–Crippen MR) is 74.0 cm³/mol. The number of nitrogens with zero attached hydrogens (tertiary/aromatic N) is 3. The molecule has 1 N–H and O–H groups in total. The molecule has 0 aliphatic heterocycles. The monoisotopic (exact) mass is 266 g/mol. The van der Waals surface area contributed by atoms with E-state index in [1.807, 2.05) is 11.8 Å². The van der Waals surface area contributed by atoms with Gasteiger partial charge in [0.2, 0.25) is 0 Å². The van der Waals surface area contributed by atoms with Gasteiger partial charge in [0.15, 0.2) is 5.69 Å². The Bertz CT molecular complexity index is 428. The Labute approximate surface area is 111 Å². The Morgan fingerprint density at radius 1 is 1.44 bits per heavy atom. The Morgan fingerprint density at radius 3 is 2.61 bits per heavy atom. The van der Waals surface area contributed by atoms with Crippen molar-refractivity contribution >= 4 is 23.5 Å². The molecule has 1 aromatic rings. The fourth-order valence-electron chi connectivity index (χ4n) is 1.61. The van der Waals surface area contributed by atoms with E-state index in [1.165, 1.54) is 17.7 Å². The maximum absolute atomic E-state index is 11.6. The normalized spacial score (nSPS) is 16.2. The standard InChI is InChI=1S/C12H18N4OS/c1-16(2)11(17)9-4-5-10(15-14-9)13-8-12(18-3)6-7-12/h4-5H,6-8H2,1-3H3,(H,13,15). The highest BCUT2D eigenvalue weighted by molar-refractivity contribution is 8.00. The largest absolute Gasteiger partial charge is 0.367 e. The lowest BCUT2D eigenvalue weighted by atomic mass is 10.3. The van der Waals surface area contributed by atoms with Crippen LogP contribution in [0.25, 0.3) is 0 Å². The van der Waals surface area contributed by atoms with Crippen molar-refractivity contribution in [2.45, 2.75) is 17.6 Å². The molecule has 0 saturated heterocycles. The van der Waals surface area contributed by atoms with Crippen LogP contribution in [0.2, 0.25) is 0 Å². The summed E-state index contributed by atoms with van der Waals surface area (Å²) in [7, 11) is 3.40. The Balaban J connectivity index is 1.93. The van der Waals surface area contributed by atoms with Gasteiger partial charge in [-0.1, -0.05) is 0 Å².